The molecule has 0 aliphatic rings. The summed E-state index contributed by atoms with van der Waals surface area (Å²) in [7, 11) is 3.94. The van der Waals surface area contributed by atoms with Crippen molar-refractivity contribution in [2.75, 3.05) is 33.7 Å². The van der Waals surface area contributed by atoms with Gasteiger partial charge in [0.05, 0.1) is 18.8 Å². The maximum atomic E-state index is 10.8. The van der Waals surface area contributed by atoms with Crippen molar-refractivity contribution in [2.45, 2.75) is 13.0 Å². The Bertz CT molecular complexity index is 336. The predicted octanol–water partition coefficient (Wildman–Crippen LogP) is 1.29. The monoisotopic (exact) mass is 240 g/mol. The van der Waals surface area contributed by atoms with Crippen LogP contribution in [0.1, 0.15) is 18.7 Å². The Morgan fingerprint density at radius 3 is 2.65 bits per heavy atom. The summed E-state index contributed by atoms with van der Waals surface area (Å²) >= 11 is 0. The van der Waals surface area contributed by atoms with E-state index in [9.17, 15) is 4.79 Å². The molecule has 0 radical (unpaired) electrons. The molecule has 1 rings (SSSR count). The SMILES string of the molecule is CC(c1ccco1)N(CCN(C)C)CC(=O)O. The third-order valence-corrected chi connectivity index (χ3v) is 2.68. The van der Waals surface area contributed by atoms with Crippen LogP contribution < -0.4 is 0 Å². The zero-order valence-electron chi connectivity index (χ0n) is 10.6. The molecule has 0 bridgehead atoms. The Hall–Kier alpha value is -1.33. The minimum absolute atomic E-state index is 0.0235. The van der Waals surface area contributed by atoms with Gasteiger partial charge in [-0.05, 0) is 33.2 Å². The molecule has 0 amide bonds. The molecule has 0 aliphatic carbocycles. The van der Waals surface area contributed by atoms with E-state index in [1.54, 1.807) is 6.26 Å². The number of rotatable bonds is 7. The van der Waals surface area contributed by atoms with Crippen LogP contribution in [0.3, 0.4) is 0 Å². The second kappa shape index (κ2) is 6.42. The van der Waals surface area contributed by atoms with Crippen LogP contribution >= 0.6 is 0 Å². The van der Waals surface area contributed by atoms with Crippen LogP contribution in [-0.4, -0.2) is 54.6 Å². The van der Waals surface area contributed by atoms with Crippen molar-refractivity contribution in [3.8, 4) is 0 Å². The van der Waals surface area contributed by atoms with Crippen molar-refractivity contribution in [3.05, 3.63) is 24.2 Å². The van der Waals surface area contributed by atoms with E-state index in [2.05, 4.69) is 0 Å². The van der Waals surface area contributed by atoms with Crippen LogP contribution in [-0.2, 0) is 4.79 Å². The molecule has 1 aromatic rings. The zero-order chi connectivity index (χ0) is 12.8. The number of hydrogen-bond acceptors (Lipinski definition) is 4. The Balaban J connectivity index is 2.64. The fourth-order valence-corrected chi connectivity index (χ4v) is 1.62. The van der Waals surface area contributed by atoms with E-state index in [-0.39, 0.29) is 12.6 Å². The second-order valence-corrected chi connectivity index (χ2v) is 4.36. The largest absolute Gasteiger partial charge is 0.480 e. The van der Waals surface area contributed by atoms with Crippen LogP contribution in [0.15, 0.2) is 22.8 Å². The predicted molar refractivity (Wildman–Crippen MR) is 64.9 cm³/mol. The van der Waals surface area contributed by atoms with Gasteiger partial charge in [-0.15, -0.1) is 0 Å². The van der Waals surface area contributed by atoms with Crippen molar-refractivity contribution >= 4 is 5.97 Å². The minimum atomic E-state index is -0.817. The first-order valence-electron chi connectivity index (χ1n) is 5.64. The van der Waals surface area contributed by atoms with Gasteiger partial charge in [0, 0.05) is 13.1 Å². The lowest BCUT2D eigenvalue weighted by Crippen LogP contribution is -2.37. The van der Waals surface area contributed by atoms with E-state index in [4.69, 9.17) is 9.52 Å². The molecule has 96 valence electrons. The van der Waals surface area contributed by atoms with E-state index in [1.165, 1.54) is 0 Å². The zero-order valence-corrected chi connectivity index (χ0v) is 10.6. The molecule has 0 fully saturated rings. The third kappa shape index (κ3) is 4.58. The van der Waals surface area contributed by atoms with Gasteiger partial charge < -0.3 is 14.4 Å². The molecular formula is C12H20N2O3. The number of carbonyl (C=O) groups is 1. The van der Waals surface area contributed by atoms with Crippen LogP contribution in [0, 0.1) is 0 Å². The van der Waals surface area contributed by atoms with Crippen molar-refractivity contribution in [1.29, 1.82) is 0 Å². The summed E-state index contributed by atoms with van der Waals surface area (Å²) in [6.07, 6.45) is 1.61. The molecule has 5 nitrogen and oxygen atoms in total. The van der Waals surface area contributed by atoms with Gasteiger partial charge in [-0.1, -0.05) is 0 Å². The Labute approximate surface area is 102 Å². The minimum Gasteiger partial charge on any atom is -0.480 e. The van der Waals surface area contributed by atoms with Gasteiger partial charge >= 0.3 is 5.97 Å². The molecule has 0 saturated heterocycles. The lowest BCUT2D eigenvalue weighted by Gasteiger charge is -2.27. The van der Waals surface area contributed by atoms with Crippen LogP contribution in [0.4, 0.5) is 0 Å². The van der Waals surface area contributed by atoms with E-state index >= 15 is 0 Å². The highest BCUT2D eigenvalue weighted by Crippen LogP contribution is 2.19. The first kappa shape index (κ1) is 13.7. The van der Waals surface area contributed by atoms with Crippen molar-refractivity contribution in [2.24, 2.45) is 0 Å². The number of carboxylic acid groups (broad SMARTS) is 1. The summed E-state index contributed by atoms with van der Waals surface area (Å²) in [5.41, 5.74) is 0. The number of likely N-dealkylation sites (N-methyl/N-ethyl adjacent to an activating group) is 1. The fourth-order valence-electron chi connectivity index (χ4n) is 1.62. The number of aliphatic carboxylic acids is 1. The van der Waals surface area contributed by atoms with Crippen molar-refractivity contribution in [1.82, 2.24) is 9.80 Å². The van der Waals surface area contributed by atoms with Crippen molar-refractivity contribution < 1.29 is 14.3 Å². The summed E-state index contributed by atoms with van der Waals surface area (Å²) in [5, 5.41) is 8.91. The molecule has 0 saturated carbocycles. The maximum absolute atomic E-state index is 10.8. The molecular weight excluding hydrogens is 220 g/mol. The number of hydrogen-bond donors (Lipinski definition) is 1. The summed E-state index contributed by atoms with van der Waals surface area (Å²) in [6, 6.07) is 3.66. The van der Waals surface area contributed by atoms with Gasteiger partial charge in [-0.2, -0.15) is 0 Å². The smallest absolute Gasteiger partial charge is 0.317 e. The number of nitrogens with zero attached hydrogens (tertiary/aromatic N) is 2. The molecule has 1 heterocycles. The van der Waals surface area contributed by atoms with E-state index in [0.717, 1.165) is 12.3 Å². The average molecular weight is 240 g/mol. The normalized spacial score (nSPS) is 13.2. The van der Waals surface area contributed by atoms with Crippen LogP contribution in [0.2, 0.25) is 0 Å². The molecule has 1 N–H and O–H groups in total. The summed E-state index contributed by atoms with van der Waals surface area (Å²) in [6.45, 7) is 3.49. The molecule has 5 heteroatoms. The fraction of sp³-hybridized carbons (Fsp3) is 0.583. The highest BCUT2D eigenvalue weighted by atomic mass is 16.4. The molecule has 1 unspecified atom stereocenters. The summed E-state index contributed by atoms with van der Waals surface area (Å²) in [5.74, 6) is -0.0211. The van der Waals surface area contributed by atoms with Gasteiger partial charge in [0.1, 0.15) is 5.76 Å². The third-order valence-electron chi connectivity index (χ3n) is 2.68. The highest BCUT2D eigenvalue weighted by Gasteiger charge is 2.20. The number of furan rings is 1. The maximum Gasteiger partial charge on any atom is 0.317 e. The van der Waals surface area contributed by atoms with Crippen LogP contribution in [0.5, 0.6) is 0 Å². The van der Waals surface area contributed by atoms with Gasteiger partial charge in [0.25, 0.3) is 0 Å². The first-order chi connectivity index (χ1) is 8.00. The molecule has 0 aliphatic heterocycles. The van der Waals surface area contributed by atoms with E-state index in [1.807, 2.05) is 43.0 Å². The molecule has 17 heavy (non-hydrogen) atoms. The molecule has 0 spiro atoms. The standard InChI is InChI=1S/C12H20N2O3/c1-10(11-5-4-8-17-11)14(9-12(15)16)7-6-13(2)3/h4-5,8,10H,6-7,9H2,1-3H3,(H,15,16). The lowest BCUT2D eigenvalue weighted by atomic mass is 10.2. The van der Waals surface area contributed by atoms with Gasteiger partial charge in [0.2, 0.25) is 0 Å². The Morgan fingerprint density at radius 1 is 1.47 bits per heavy atom. The first-order valence-corrected chi connectivity index (χ1v) is 5.64. The lowest BCUT2D eigenvalue weighted by molar-refractivity contribution is -0.139. The molecule has 1 atom stereocenters. The quantitative estimate of drug-likeness (QED) is 0.778. The van der Waals surface area contributed by atoms with Gasteiger partial charge in [0.15, 0.2) is 0 Å². The average Bonchev–Trinajstić information content (AvgIpc) is 2.75. The second-order valence-electron chi connectivity index (χ2n) is 4.36. The Morgan fingerprint density at radius 2 is 2.18 bits per heavy atom. The molecule has 0 aromatic carbocycles. The van der Waals surface area contributed by atoms with Crippen molar-refractivity contribution in [3.63, 3.8) is 0 Å². The van der Waals surface area contributed by atoms with Gasteiger partial charge in [-0.25, -0.2) is 0 Å². The molecule has 1 aromatic heterocycles. The number of carboxylic acids is 1. The summed E-state index contributed by atoms with van der Waals surface area (Å²) in [4.78, 5) is 14.8. The topological polar surface area (TPSA) is 56.9 Å². The van der Waals surface area contributed by atoms with E-state index in [0.29, 0.717) is 6.54 Å². The highest BCUT2D eigenvalue weighted by molar-refractivity contribution is 5.69. The van der Waals surface area contributed by atoms with E-state index < -0.39 is 5.97 Å². The Kier molecular flexibility index (Phi) is 5.18. The summed E-state index contributed by atoms with van der Waals surface area (Å²) < 4.78 is 5.32. The van der Waals surface area contributed by atoms with Gasteiger partial charge in [-0.3, -0.25) is 9.69 Å². The van der Waals surface area contributed by atoms with Crippen LogP contribution in [0.25, 0.3) is 0 Å².